The lowest BCUT2D eigenvalue weighted by Gasteiger charge is -2.28. The largest absolute Gasteiger partial charge is 0.444 e. The topological polar surface area (TPSA) is 41.6 Å². The molecule has 0 aliphatic carbocycles. The highest BCUT2D eigenvalue weighted by Gasteiger charge is 2.31. The third-order valence-electron chi connectivity index (χ3n) is 10.4. The molecule has 274 valence electrons. The average Bonchev–Trinajstić information content (AvgIpc) is 3.42. The zero-order valence-electron chi connectivity index (χ0n) is 33.2. The zero-order valence-corrected chi connectivity index (χ0v) is 33.2. The molecule has 1 aliphatic heterocycles. The van der Waals surface area contributed by atoms with E-state index in [9.17, 15) is 4.79 Å². The molecule has 0 spiro atoms. The Kier molecular flexibility index (Phi) is 22.9. The van der Waals surface area contributed by atoms with Crippen molar-refractivity contribution in [3.63, 3.8) is 0 Å². The molecular weight excluding hydrogens is 564 g/mol. The van der Waals surface area contributed by atoms with Crippen molar-refractivity contribution < 1.29 is 9.53 Å². The molecule has 1 N–H and O–H groups in total. The van der Waals surface area contributed by atoms with E-state index in [4.69, 9.17) is 4.74 Å². The Labute approximate surface area is 289 Å². The SMILES string of the molecule is CC(C)CCC(CCCC(CCCNC[C@@H]1CCCN1C(=O)OC(C)(C)C)CCCC(CCC(C)C)CCC(C)C)CCC(C)C. The molecule has 0 unspecified atom stereocenters. The maximum absolute atomic E-state index is 12.7. The predicted molar refractivity (Wildman–Crippen MR) is 203 cm³/mol. The van der Waals surface area contributed by atoms with Gasteiger partial charge in [-0.05, 0) is 94.4 Å². The predicted octanol–water partition coefficient (Wildman–Crippen LogP) is 12.7. The Morgan fingerprint density at radius 2 is 1.02 bits per heavy atom. The van der Waals surface area contributed by atoms with E-state index in [0.717, 1.165) is 73.9 Å². The molecule has 1 aliphatic rings. The monoisotopic (exact) mass is 649 g/mol. The fraction of sp³-hybridized carbons (Fsp3) is 0.976. The molecule has 4 heteroatoms. The molecule has 1 atom stereocenters. The van der Waals surface area contributed by atoms with Gasteiger partial charge in [-0.2, -0.15) is 0 Å². The third-order valence-corrected chi connectivity index (χ3v) is 10.4. The second-order valence-corrected chi connectivity index (χ2v) is 18.2. The van der Waals surface area contributed by atoms with Crippen LogP contribution in [0.25, 0.3) is 0 Å². The molecule has 1 saturated heterocycles. The molecule has 46 heavy (non-hydrogen) atoms. The van der Waals surface area contributed by atoms with Gasteiger partial charge in [0.1, 0.15) is 5.60 Å². The molecule has 1 fully saturated rings. The van der Waals surface area contributed by atoms with Gasteiger partial charge in [-0.25, -0.2) is 4.79 Å². The minimum absolute atomic E-state index is 0.142. The molecule has 0 aromatic heterocycles. The van der Waals surface area contributed by atoms with Gasteiger partial charge in [0.2, 0.25) is 0 Å². The summed E-state index contributed by atoms with van der Waals surface area (Å²) in [6, 6.07) is 0.271. The first-order valence-electron chi connectivity index (χ1n) is 20.4. The van der Waals surface area contributed by atoms with E-state index in [2.05, 4.69) is 60.7 Å². The lowest BCUT2D eigenvalue weighted by atomic mass is 9.83. The first kappa shape index (κ1) is 43.3. The maximum atomic E-state index is 12.7. The van der Waals surface area contributed by atoms with E-state index >= 15 is 0 Å². The minimum Gasteiger partial charge on any atom is -0.444 e. The number of ether oxygens (including phenoxy) is 1. The van der Waals surface area contributed by atoms with E-state index in [1.807, 2.05) is 25.7 Å². The van der Waals surface area contributed by atoms with Crippen LogP contribution < -0.4 is 5.32 Å². The quantitative estimate of drug-likeness (QED) is 0.0949. The van der Waals surface area contributed by atoms with E-state index in [1.54, 1.807) is 0 Å². The van der Waals surface area contributed by atoms with Crippen LogP contribution in [0.5, 0.6) is 0 Å². The number of amides is 1. The lowest BCUT2D eigenvalue weighted by Crippen LogP contribution is -2.44. The van der Waals surface area contributed by atoms with E-state index in [0.29, 0.717) is 0 Å². The number of rotatable bonds is 26. The van der Waals surface area contributed by atoms with Gasteiger partial charge in [-0.1, -0.05) is 145 Å². The molecule has 1 heterocycles. The summed E-state index contributed by atoms with van der Waals surface area (Å²) in [5, 5.41) is 3.74. The summed E-state index contributed by atoms with van der Waals surface area (Å²) < 4.78 is 5.69. The summed E-state index contributed by atoms with van der Waals surface area (Å²) in [5.74, 6) is 5.98. The first-order valence-corrected chi connectivity index (χ1v) is 20.4. The standard InChI is InChI=1S/C42H84N2O2/c1-33(2)22-26-38(27-23-34(3)4)18-12-16-37(17-13-19-39(28-24-35(5)6)29-25-36(7)8)20-14-30-43-32-40-21-15-31-44(40)41(45)46-42(9,10)11/h33-40,43H,12-32H2,1-11H3/t40-/m0/s1. The summed E-state index contributed by atoms with van der Waals surface area (Å²) in [7, 11) is 0. The van der Waals surface area contributed by atoms with Crippen LogP contribution in [0.3, 0.4) is 0 Å². The summed E-state index contributed by atoms with van der Waals surface area (Å²) in [6.45, 7) is 27.8. The van der Waals surface area contributed by atoms with Gasteiger partial charge < -0.3 is 15.0 Å². The average molecular weight is 649 g/mol. The van der Waals surface area contributed by atoms with Crippen LogP contribution in [0.4, 0.5) is 4.79 Å². The van der Waals surface area contributed by atoms with Gasteiger partial charge in [0.15, 0.2) is 0 Å². The van der Waals surface area contributed by atoms with Crippen LogP contribution in [-0.2, 0) is 4.74 Å². The molecule has 0 radical (unpaired) electrons. The van der Waals surface area contributed by atoms with Crippen molar-refractivity contribution in [2.45, 2.75) is 203 Å². The summed E-state index contributed by atoms with van der Waals surface area (Å²) in [6.07, 6.45) is 24.4. The van der Waals surface area contributed by atoms with Crippen LogP contribution in [0.1, 0.15) is 192 Å². The summed E-state index contributed by atoms with van der Waals surface area (Å²) >= 11 is 0. The Morgan fingerprint density at radius 1 is 0.630 bits per heavy atom. The maximum Gasteiger partial charge on any atom is 0.410 e. The zero-order chi connectivity index (χ0) is 34.5. The molecule has 0 saturated carbocycles. The summed E-state index contributed by atoms with van der Waals surface area (Å²) in [5.41, 5.74) is -0.432. The van der Waals surface area contributed by atoms with Crippen LogP contribution in [0, 0.1) is 41.4 Å². The van der Waals surface area contributed by atoms with E-state index < -0.39 is 5.60 Å². The lowest BCUT2D eigenvalue weighted by molar-refractivity contribution is 0.0226. The fourth-order valence-electron chi connectivity index (χ4n) is 7.36. The second kappa shape index (κ2) is 24.4. The minimum atomic E-state index is -0.432. The number of carbonyl (C=O) groups is 1. The van der Waals surface area contributed by atoms with Crippen molar-refractivity contribution in [2.75, 3.05) is 19.6 Å². The highest BCUT2D eigenvalue weighted by molar-refractivity contribution is 5.69. The van der Waals surface area contributed by atoms with Crippen molar-refractivity contribution in [3.8, 4) is 0 Å². The van der Waals surface area contributed by atoms with Gasteiger partial charge in [-0.3, -0.25) is 0 Å². The van der Waals surface area contributed by atoms with E-state index in [1.165, 1.54) is 103 Å². The molecule has 1 rings (SSSR count). The molecule has 0 aromatic rings. The van der Waals surface area contributed by atoms with Crippen molar-refractivity contribution >= 4 is 6.09 Å². The van der Waals surface area contributed by atoms with Crippen molar-refractivity contribution in [2.24, 2.45) is 41.4 Å². The number of carbonyl (C=O) groups excluding carboxylic acids is 1. The Hall–Kier alpha value is -0.770. The number of nitrogens with zero attached hydrogens (tertiary/aromatic N) is 1. The van der Waals surface area contributed by atoms with Crippen molar-refractivity contribution in [1.82, 2.24) is 10.2 Å². The Bertz CT molecular complexity index is 682. The number of likely N-dealkylation sites (tertiary alicyclic amines) is 1. The molecule has 4 nitrogen and oxygen atoms in total. The Balaban J connectivity index is 2.67. The number of hydrogen-bond donors (Lipinski definition) is 1. The second-order valence-electron chi connectivity index (χ2n) is 18.2. The smallest absolute Gasteiger partial charge is 0.410 e. The molecule has 0 bridgehead atoms. The van der Waals surface area contributed by atoms with Crippen LogP contribution in [0.2, 0.25) is 0 Å². The van der Waals surface area contributed by atoms with Crippen molar-refractivity contribution in [1.29, 1.82) is 0 Å². The fourth-order valence-corrected chi connectivity index (χ4v) is 7.36. The van der Waals surface area contributed by atoms with Crippen LogP contribution in [0.15, 0.2) is 0 Å². The van der Waals surface area contributed by atoms with Crippen molar-refractivity contribution in [3.05, 3.63) is 0 Å². The summed E-state index contributed by atoms with van der Waals surface area (Å²) in [4.78, 5) is 14.7. The van der Waals surface area contributed by atoms with E-state index in [-0.39, 0.29) is 12.1 Å². The highest BCUT2D eigenvalue weighted by Crippen LogP contribution is 2.30. The third kappa shape index (κ3) is 22.7. The van der Waals surface area contributed by atoms with Crippen LogP contribution >= 0.6 is 0 Å². The molecule has 0 aromatic carbocycles. The van der Waals surface area contributed by atoms with Gasteiger partial charge in [-0.15, -0.1) is 0 Å². The number of nitrogens with one attached hydrogen (secondary N) is 1. The first-order chi connectivity index (χ1) is 21.7. The van der Waals surface area contributed by atoms with Gasteiger partial charge in [0.25, 0.3) is 0 Å². The molecular formula is C42H84N2O2. The van der Waals surface area contributed by atoms with Gasteiger partial charge in [0, 0.05) is 19.1 Å². The van der Waals surface area contributed by atoms with Gasteiger partial charge >= 0.3 is 6.09 Å². The van der Waals surface area contributed by atoms with Crippen LogP contribution in [-0.4, -0.2) is 42.3 Å². The normalized spacial score (nSPS) is 16.1. The highest BCUT2D eigenvalue weighted by atomic mass is 16.6. The Morgan fingerprint density at radius 3 is 1.41 bits per heavy atom. The van der Waals surface area contributed by atoms with Gasteiger partial charge in [0.05, 0.1) is 0 Å². The number of hydrogen-bond acceptors (Lipinski definition) is 3. The molecule has 1 amide bonds.